The molecule has 1 aliphatic rings. The second kappa shape index (κ2) is 7.91. The van der Waals surface area contributed by atoms with E-state index in [9.17, 15) is 9.90 Å². The van der Waals surface area contributed by atoms with Crippen LogP contribution in [-0.4, -0.2) is 48.3 Å². The molecule has 1 aromatic carbocycles. The third-order valence-electron chi connectivity index (χ3n) is 4.23. The third kappa shape index (κ3) is 5.49. The summed E-state index contributed by atoms with van der Waals surface area (Å²) in [6.07, 6.45) is 2.52. The average Bonchev–Trinajstić information content (AvgIpc) is 2.52. The smallest absolute Gasteiger partial charge is 0.224 e. The molecule has 5 heteroatoms. The van der Waals surface area contributed by atoms with Gasteiger partial charge in [-0.2, -0.15) is 0 Å². The monoisotopic (exact) mass is 346 g/mol. The highest BCUT2D eigenvalue weighted by atomic mass is 16.5. The lowest BCUT2D eigenvalue weighted by Gasteiger charge is -2.36. The minimum absolute atomic E-state index is 0.131. The topological polar surface area (TPSA) is 53.0 Å². The molecule has 0 saturated carbocycles. The number of amides is 1. The molecule has 0 saturated heterocycles. The normalized spacial score (nSPS) is 15.4. The van der Waals surface area contributed by atoms with Gasteiger partial charge in [-0.1, -0.05) is 11.6 Å². The first-order valence-corrected chi connectivity index (χ1v) is 8.75. The lowest BCUT2D eigenvalue weighted by atomic mass is 10.0. The van der Waals surface area contributed by atoms with Gasteiger partial charge in [0.2, 0.25) is 5.91 Å². The molecule has 138 valence electrons. The predicted octanol–water partition coefficient (Wildman–Crippen LogP) is 2.97. The van der Waals surface area contributed by atoms with Crippen LogP contribution >= 0.6 is 0 Å². The number of hydrogen-bond donors (Lipinski definition) is 1. The Bertz CT molecular complexity index is 643. The molecule has 1 aromatic rings. The Morgan fingerprint density at radius 3 is 2.64 bits per heavy atom. The highest BCUT2D eigenvalue weighted by Crippen LogP contribution is 2.30. The zero-order valence-electron chi connectivity index (χ0n) is 16.0. The van der Waals surface area contributed by atoms with Crippen LogP contribution in [0.2, 0.25) is 0 Å². The van der Waals surface area contributed by atoms with Crippen LogP contribution in [-0.2, 0) is 11.3 Å². The minimum Gasteiger partial charge on any atom is -0.497 e. The molecule has 0 spiro atoms. The van der Waals surface area contributed by atoms with Crippen molar-refractivity contribution in [1.29, 1.82) is 0 Å². The van der Waals surface area contributed by atoms with Crippen molar-refractivity contribution in [3.63, 3.8) is 0 Å². The predicted molar refractivity (Wildman–Crippen MR) is 101 cm³/mol. The van der Waals surface area contributed by atoms with E-state index in [1.54, 1.807) is 21.0 Å². The summed E-state index contributed by atoms with van der Waals surface area (Å²) >= 11 is 0. The number of methoxy groups -OCH3 is 1. The van der Waals surface area contributed by atoms with Gasteiger partial charge in [-0.15, -0.1) is 0 Å². The Labute approximate surface area is 150 Å². The van der Waals surface area contributed by atoms with Crippen LogP contribution in [0.25, 0.3) is 0 Å². The zero-order valence-corrected chi connectivity index (χ0v) is 16.0. The number of ether oxygens (including phenoxy) is 1. The van der Waals surface area contributed by atoms with Gasteiger partial charge in [-0.25, -0.2) is 0 Å². The number of β-amino-alcohol motifs (C(OH)–C–C–N with tert-alkyl or cyclic N) is 1. The van der Waals surface area contributed by atoms with Gasteiger partial charge in [0.25, 0.3) is 0 Å². The number of aliphatic hydroxyl groups is 1. The van der Waals surface area contributed by atoms with Crippen molar-refractivity contribution >= 4 is 11.6 Å². The van der Waals surface area contributed by atoms with Gasteiger partial charge in [0.15, 0.2) is 0 Å². The molecule has 0 unspecified atom stereocenters. The first-order valence-electron chi connectivity index (χ1n) is 8.75. The Kier molecular flexibility index (Phi) is 6.11. The molecule has 1 amide bonds. The number of allylic oxidation sites excluding steroid dienone is 1. The van der Waals surface area contributed by atoms with Crippen molar-refractivity contribution in [2.24, 2.45) is 0 Å². The quantitative estimate of drug-likeness (QED) is 0.833. The largest absolute Gasteiger partial charge is 0.497 e. The molecule has 0 aliphatic carbocycles. The second-order valence-corrected chi connectivity index (χ2v) is 7.53. The van der Waals surface area contributed by atoms with E-state index in [-0.39, 0.29) is 5.91 Å². The third-order valence-corrected chi connectivity index (χ3v) is 4.23. The maximum atomic E-state index is 12.6. The first kappa shape index (κ1) is 19.3. The number of rotatable bonds is 5. The van der Waals surface area contributed by atoms with E-state index in [0.717, 1.165) is 17.0 Å². The molecular weight excluding hydrogens is 316 g/mol. The number of carbonyl (C=O) groups excluding carboxylic acids is 1. The number of fused-ring (bicyclic) bond motifs is 1. The number of nitrogens with zero attached hydrogens (tertiary/aromatic N) is 2. The van der Waals surface area contributed by atoms with E-state index in [2.05, 4.69) is 11.0 Å². The number of anilines is 1. The average molecular weight is 346 g/mol. The number of benzene rings is 1. The molecule has 0 aromatic heterocycles. The minimum atomic E-state index is -0.832. The molecule has 1 heterocycles. The number of carbonyl (C=O) groups is 1. The van der Waals surface area contributed by atoms with Crippen molar-refractivity contribution in [1.82, 2.24) is 4.90 Å². The number of hydrogen-bond acceptors (Lipinski definition) is 4. The Morgan fingerprint density at radius 2 is 2.04 bits per heavy atom. The molecule has 5 nitrogen and oxygen atoms in total. The standard InChI is InChI=1S/C20H30N2O3/c1-15(2)8-10-21-13-16-12-17(25-5)6-7-18(16)22(11-9-19(21)23)14-20(3,4)24/h6-8,12,24H,9-11,13-14H2,1-5H3. The summed E-state index contributed by atoms with van der Waals surface area (Å²) in [7, 11) is 1.64. The van der Waals surface area contributed by atoms with E-state index in [4.69, 9.17) is 4.74 Å². The van der Waals surface area contributed by atoms with Crippen molar-refractivity contribution in [3.05, 3.63) is 35.4 Å². The molecule has 25 heavy (non-hydrogen) atoms. The second-order valence-electron chi connectivity index (χ2n) is 7.53. The summed E-state index contributed by atoms with van der Waals surface area (Å²) in [5.74, 6) is 0.906. The summed E-state index contributed by atoms with van der Waals surface area (Å²) in [6.45, 7) is 9.88. The Balaban J connectivity index is 2.39. The van der Waals surface area contributed by atoms with Gasteiger partial charge in [-0.05, 0) is 51.5 Å². The van der Waals surface area contributed by atoms with E-state index in [0.29, 0.717) is 32.6 Å². The molecule has 1 aliphatic heterocycles. The molecule has 1 N–H and O–H groups in total. The first-order chi connectivity index (χ1) is 11.7. The van der Waals surface area contributed by atoms with Crippen LogP contribution in [0.15, 0.2) is 29.8 Å². The van der Waals surface area contributed by atoms with Crippen molar-refractivity contribution in [3.8, 4) is 5.75 Å². The summed E-state index contributed by atoms with van der Waals surface area (Å²) in [5, 5.41) is 10.3. The van der Waals surface area contributed by atoms with Crippen LogP contribution < -0.4 is 9.64 Å². The van der Waals surface area contributed by atoms with E-state index in [1.165, 1.54) is 5.57 Å². The fourth-order valence-corrected chi connectivity index (χ4v) is 3.02. The summed E-state index contributed by atoms with van der Waals surface area (Å²) < 4.78 is 5.37. The zero-order chi connectivity index (χ0) is 18.6. The SMILES string of the molecule is COc1ccc2c(c1)CN(CC=C(C)C)C(=O)CCN2CC(C)(C)O. The van der Waals surface area contributed by atoms with Crippen LogP contribution in [0.4, 0.5) is 5.69 Å². The maximum absolute atomic E-state index is 12.6. The van der Waals surface area contributed by atoms with Gasteiger partial charge < -0.3 is 19.6 Å². The van der Waals surface area contributed by atoms with Gasteiger partial charge in [0, 0.05) is 38.3 Å². The summed E-state index contributed by atoms with van der Waals surface area (Å²) in [6, 6.07) is 5.94. The van der Waals surface area contributed by atoms with Crippen molar-refractivity contribution in [2.45, 2.75) is 46.3 Å². The molecular formula is C20H30N2O3. The molecule has 0 atom stereocenters. The van der Waals surface area contributed by atoms with Crippen LogP contribution in [0.5, 0.6) is 5.75 Å². The molecule has 0 fully saturated rings. The summed E-state index contributed by atoms with van der Waals surface area (Å²) in [4.78, 5) is 16.6. The van der Waals surface area contributed by atoms with Crippen LogP contribution in [0.1, 0.15) is 39.7 Å². The van der Waals surface area contributed by atoms with Crippen molar-refractivity contribution in [2.75, 3.05) is 31.6 Å². The lowest BCUT2D eigenvalue weighted by molar-refractivity contribution is -0.131. The van der Waals surface area contributed by atoms with E-state index < -0.39 is 5.60 Å². The van der Waals surface area contributed by atoms with Gasteiger partial charge in [-0.3, -0.25) is 4.79 Å². The maximum Gasteiger partial charge on any atom is 0.224 e. The Hall–Kier alpha value is -2.01. The highest BCUT2D eigenvalue weighted by molar-refractivity contribution is 5.78. The van der Waals surface area contributed by atoms with Gasteiger partial charge >= 0.3 is 0 Å². The fraction of sp³-hybridized carbons (Fsp3) is 0.550. The van der Waals surface area contributed by atoms with Crippen molar-refractivity contribution < 1.29 is 14.6 Å². The fourth-order valence-electron chi connectivity index (χ4n) is 3.02. The van der Waals surface area contributed by atoms with Crippen LogP contribution in [0.3, 0.4) is 0 Å². The molecule has 2 rings (SSSR count). The highest BCUT2D eigenvalue weighted by Gasteiger charge is 2.26. The molecule has 0 radical (unpaired) electrons. The Morgan fingerprint density at radius 1 is 1.32 bits per heavy atom. The summed E-state index contributed by atoms with van der Waals surface area (Å²) in [5.41, 5.74) is 2.46. The molecule has 0 bridgehead atoms. The van der Waals surface area contributed by atoms with E-state index in [1.807, 2.05) is 36.9 Å². The van der Waals surface area contributed by atoms with E-state index >= 15 is 0 Å². The lowest BCUT2D eigenvalue weighted by Crippen LogP contribution is -2.43. The van der Waals surface area contributed by atoms with Crippen LogP contribution in [0, 0.1) is 0 Å². The van der Waals surface area contributed by atoms with Gasteiger partial charge in [0.1, 0.15) is 5.75 Å². The van der Waals surface area contributed by atoms with Gasteiger partial charge in [0.05, 0.1) is 12.7 Å².